The molecule has 2 aromatic heterocycles. The summed E-state index contributed by atoms with van der Waals surface area (Å²) in [5.41, 5.74) is -0.272. The van der Waals surface area contributed by atoms with E-state index >= 15 is 0 Å². The fourth-order valence-electron chi connectivity index (χ4n) is 4.78. The van der Waals surface area contributed by atoms with Crippen molar-refractivity contribution < 1.29 is 9.59 Å². The summed E-state index contributed by atoms with van der Waals surface area (Å²) in [6, 6.07) is 10.7. The maximum Gasteiger partial charge on any atom is 0.275 e. The zero-order valence-corrected chi connectivity index (χ0v) is 17.8. The molecule has 0 aliphatic carbocycles. The van der Waals surface area contributed by atoms with E-state index in [-0.39, 0.29) is 23.9 Å². The highest BCUT2D eigenvalue weighted by Gasteiger charge is 2.46. The summed E-state index contributed by atoms with van der Waals surface area (Å²) < 4.78 is 1.22. The fourth-order valence-corrected chi connectivity index (χ4v) is 4.78. The SMILES string of the molecule is CCN1c2ncccc2C(=O)NC12CCN(C(=O)Cn1ncc3ccccc3c1=O)CC2. The molecule has 1 saturated heterocycles. The second-order valence-corrected chi connectivity index (χ2v) is 8.18. The third-order valence-corrected chi connectivity index (χ3v) is 6.46. The van der Waals surface area contributed by atoms with Crippen LogP contribution in [0.2, 0.25) is 0 Å². The molecule has 5 rings (SSSR count). The zero-order chi connectivity index (χ0) is 22.3. The van der Waals surface area contributed by atoms with Crippen molar-refractivity contribution >= 4 is 28.4 Å². The van der Waals surface area contributed by atoms with Crippen molar-refractivity contribution in [3.63, 3.8) is 0 Å². The lowest BCUT2D eigenvalue weighted by Crippen LogP contribution is -2.68. The first kappa shape index (κ1) is 20.2. The predicted octanol–water partition coefficient (Wildman–Crippen LogP) is 1.38. The van der Waals surface area contributed by atoms with Gasteiger partial charge in [0.1, 0.15) is 18.0 Å². The maximum absolute atomic E-state index is 13.0. The Kier molecular flexibility index (Phi) is 4.88. The number of anilines is 1. The maximum atomic E-state index is 13.0. The van der Waals surface area contributed by atoms with Gasteiger partial charge >= 0.3 is 0 Å². The van der Waals surface area contributed by atoms with Crippen LogP contribution < -0.4 is 15.8 Å². The van der Waals surface area contributed by atoms with Gasteiger partial charge in [0.25, 0.3) is 11.5 Å². The zero-order valence-electron chi connectivity index (χ0n) is 17.8. The molecule has 3 aromatic rings. The Morgan fingerprint density at radius 2 is 1.91 bits per heavy atom. The Labute approximate surface area is 184 Å². The molecule has 2 amide bonds. The van der Waals surface area contributed by atoms with Gasteiger partial charge in [-0.05, 0) is 25.1 Å². The Morgan fingerprint density at radius 3 is 2.69 bits per heavy atom. The van der Waals surface area contributed by atoms with Crippen LogP contribution in [0.3, 0.4) is 0 Å². The lowest BCUT2D eigenvalue weighted by atomic mass is 9.91. The van der Waals surface area contributed by atoms with E-state index in [1.165, 1.54) is 4.68 Å². The van der Waals surface area contributed by atoms with Gasteiger partial charge in [0.05, 0.1) is 17.1 Å². The molecule has 0 bridgehead atoms. The number of carbonyl (C=O) groups excluding carboxylic acids is 2. The number of benzene rings is 1. The number of piperidine rings is 1. The molecule has 4 heterocycles. The minimum atomic E-state index is -0.567. The van der Waals surface area contributed by atoms with Crippen LogP contribution in [0.4, 0.5) is 5.82 Å². The highest BCUT2D eigenvalue weighted by atomic mass is 16.2. The van der Waals surface area contributed by atoms with Gasteiger partial charge in [0.2, 0.25) is 5.91 Å². The van der Waals surface area contributed by atoms with Crippen LogP contribution in [-0.2, 0) is 11.3 Å². The molecule has 32 heavy (non-hydrogen) atoms. The van der Waals surface area contributed by atoms with Crippen LogP contribution in [0, 0.1) is 0 Å². The van der Waals surface area contributed by atoms with E-state index < -0.39 is 5.66 Å². The minimum absolute atomic E-state index is 0.106. The van der Waals surface area contributed by atoms with Gasteiger partial charge in [-0.2, -0.15) is 5.10 Å². The van der Waals surface area contributed by atoms with Crippen LogP contribution >= 0.6 is 0 Å². The monoisotopic (exact) mass is 432 g/mol. The summed E-state index contributed by atoms with van der Waals surface area (Å²) in [6.45, 7) is 3.56. The molecule has 1 aromatic carbocycles. The fraction of sp³-hybridized carbons (Fsp3) is 0.348. The third kappa shape index (κ3) is 3.21. The number of hydrogen-bond donors (Lipinski definition) is 1. The largest absolute Gasteiger partial charge is 0.341 e. The molecule has 164 valence electrons. The van der Waals surface area contributed by atoms with Gasteiger partial charge in [-0.1, -0.05) is 18.2 Å². The van der Waals surface area contributed by atoms with Crippen molar-refractivity contribution in [2.45, 2.75) is 32.0 Å². The summed E-state index contributed by atoms with van der Waals surface area (Å²) in [6.07, 6.45) is 4.46. The second-order valence-electron chi connectivity index (χ2n) is 8.18. The molecule has 0 atom stereocenters. The molecular weight excluding hydrogens is 408 g/mol. The topological polar surface area (TPSA) is 100 Å². The molecule has 9 nitrogen and oxygen atoms in total. The molecule has 9 heteroatoms. The number of likely N-dealkylation sites (tertiary alicyclic amines) is 1. The third-order valence-electron chi connectivity index (χ3n) is 6.46. The number of nitrogens with one attached hydrogen (secondary N) is 1. The predicted molar refractivity (Wildman–Crippen MR) is 119 cm³/mol. The molecule has 0 saturated carbocycles. The Bertz CT molecular complexity index is 1260. The van der Waals surface area contributed by atoms with Crippen LogP contribution in [-0.4, -0.2) is 56.8 Å². The number of nitrogens with zero attached hydrogens (tertiary/aromatic N) is 5. The van der Waals surface area contributed by atoms with E-state index in [1.54, 1.807) is 41.6 Å². The van der Waals surface area contributed by atoms with Gasteiger partial charge in [-0.15, -0.1) is 0 Å². The standard InChI is InChI=1S/C23H24N6O3/c1-2-28-20-18(8-5-11-24-20)21(31)26-23(28)9-12-27(13-10-23)19(30)15-29-22(32)17-7-4-3-6-16(17)14-25-29/h3-8,11,14H,2,9-10,12-13,15H2,1H3,(H,26,31). The van der Waals surface area contributed by atoms with Gasteiger partial charge in [-0.25, -0.2) is 9.67 Å². The van der Waals surface area contributed by atoms with Gasteiger partial charge in [0, 0.05) is 44.1 Å². The minimum Gasteiger partial charge on any atom is -0.341 e. The smallest absolute Gasteiger partial charge is 0.275 e. The van der Waals surface area contributed by atoms with Crippen molar-refractivity contribution in [1.82, 2.24) is 25.0 Å². The normalized spacial score (nSPS) is 17.3. The molecule has 2 aliphatic rings. The van der Waals surface area contributed by atoms with E-state index in [0.29, 0.717) is 49.2 Å². The summed E-state index contributed by atoms with van der Waals surface area (Å²) in [5, 5.41) is 8.63. The number of fused-ring (bicyclic) bond motifs is 2. The summed E-state index contributed by atoms with van der Waals surface area (Å²) in [4.78, 5) is 46.7. The van der Waals surface area contributed by atoms with E-state index in [9.17, 15) is 14.4 Å². The van der Waals surface area contributed by atoms with E-state index in [0.717, 1.165) is 5.39 Å². The van der Waals surface area contributed by atoms with Crippen LogP contribution in [0.1, 0.15) is 30.1 Å². The number of carbonyl (C=O) groups is 2. The van der Waals surface area contributed by atoms with E-state index in [4.69, 9.17) is 0 Å². The molecule has 1 N–H and O–H groups in total. The average Bonchev–Trinajstić information content (AvgIpc) is 2.82. The van der Waals surface area contributed by atoms with Gasteiger partial charge < -0.3 is 15.1 Å². The molecule has 0 radical (unpaired) electrons. The lowest BCUT2D eigenvalue weighted by Gasteiger charge is -2.51. The summed E-state index contributed by atoms with van der Waals surface area (Å²) in [5.74, 6) is 0.392. The Hall–Kier alpha value is -3.75. The molecule has 0 unspecified atom stereocenters. The summed E-state index contributed by atoms with van der Waals surface area (Å²) in [7, 11) is 0. The molecule has 1 spiro atoms. The van der Waals surface area contributed by atoms with Crippen molar-refractivity contribution in [3.8, 4) is 0 Å². The van der Waals surface area contributed by atoms with E-state index in [1.807, 2.05) is 19.1 Å². The first-order valence-electron chi connectivity index (χ1n) is 10.8. The molecular formula is C23H24N6O3. The van der Waals surface area contributed by atoms with E-state index in [2.05, 4.69) is 20.3 Å². The number of pyridine rings is 1. The Balaban J connectivity index is 1.33. The quantitative estimate of drug-likeness (QED) is 0.671. The van der Waals surface area contributed by atoms with Crippen molar-refractivity contribution in [1.29, 1.82) is 0 Å². The number of amides is 2. The summed E-state index contributed by atoms with van der Waals surface area (Å²) >= 11 is 0. The highest BCUT2D eigenvalue weighted by molar-refractivity contribution is 6.01. The van der Waals surface area contributed by atoms with Crippen LogP contribution in [0.25, 0.3) is 10.8 Å². The number of hydrogen-bond acceptors (Lipinski definition) is 6. The van der Waals surface area contributed by atoms with Crippen molar-refractivity contribution in [2.24, 2.45) is 0 Å². The molecule has 1 fully saturated rings. The second kappa shape index (κ2) is 7.74. The average molecular weight is 432 g/mol. The number of rotatable bonds is 3. The first-order chi connectivity index (χ1) is 15.5. The molecule has 2 aliphatic heterocycles. The van der Waals surface area contributed by atoms with Crippen LogP contribution in [0.5, 0.6) is 0 Å². The van der Waals surface area contributed by atoms with Crippen molar-refractivity contribution in [3.05, 3.63) is 64.7 Å². The van der Waals surface area contributed by atoms with Gasteiger partial charge in [0.15, 0.2) is 0 Å². The number of aromatic nitrogens is 3. The Morgan fingerprint density at radius 1 is 1.12 bits per heavy atom. The highest BCUT2D eigenvalue weighted by Crippen LogP contribution is 2.35. The lowest BCUT2D eigenvalue weighted by molar-refractivity contribution is -0.133. The van der Waals surface area contributed by atoms with Crippen molar-refractivity contribution in [2.75, 3.05) is 24.5 Å². The van der Waals surface area contributed by atoms with Gasteiger partial charge in [-0.3, -0.25) is 14.4 Å². The first-order valence-corrected chi connectivity index (χ1v) is 10.8. The van der Waals surface area contributed by atoms with Crippen LogP contribution in [0.15, 0.2) is 53.6 Å².